The normalized spacial score (nSPS) is 59.4. The molecule has 0 aromatic heterocycles. The number of aliphatic hydroxyl groups is 4. The van der Waals surface area contributed by atoms with E-state index in [2.05, 4.69) is 34.6 Å². The van der Waals surface area contributed by atoms with Gasteiger partial charge in [0.15, 0.2) is 12.6 Å². The first-order valence-electron chi connectivity index (χ1n) is 16.4. The third-order valence-electron chi connectivity index (χ3n) is 14.6. The summed E-state index contributed by atoms with van der Waals surface area (Å²) in [6, 6.07) is 0. The predicted octanol–water partition coefficient (Wildman–Crippen LogP) is 3.14. The predicted molar refractivity (Wildman–Crippen MR) is 150 cm³/mol. The summed E-state index contributed by atoms with van der Waals surface area (Å²) in [5.41, 5.74) is -0.0446. The lowest BCUT2D eigenvalue weighted by Gasteiger charge is -2.64. The molecule has 2 spiro atoms. The SMILES string of the molecule is CC(=O)O[C@H]1C[C@@H]2[C@]3(CC[C@]4(C)[C@H]5[C@H](C)C[C@H](O)O[C@H]5C[C@@]24C)C[C@@]32CC[C@H](O[C@@H]3OC[C@@H](O)[C@H](O)[C@H]3O)C(C)(C)[C@H]12. The van der Waals surface area contributed by atoms with E-state index in [0.717, 1.165) is 38.5 Å². The average molecular weight is 593 g/mol. The van der Waals surface area contributed by atoms with Gasteiger partial charge in [0.1, 0.15) is 24.4 Å². The molecule has 0 aromatic rings. The van der Waals surface area contributed by atoms with Gasteiger partial charge < -0.3 is 39.4 Å². The van der Waals surface area contributed by atoms with Crippen LogP contribution in [0.1, 0.15) is 92.9 Å². The van der Waals surface area contributed by atoms with E-state index in [-0.39, 0.29) is 63.9 Å². The highest BCUT2D eigenvalue weighted by atomic mass is 16.7. The minimum atomic E-state index is -1.34. The molecule has 5 saturated carbocycles. The van der Waals surface area contributed by atoms with Crippen LogP contribution in [0, 0.1) is 50.7 Å². The molecule has 9 heteroatoms. The van der Waals surface area contributed by atoms with Crippen molar-refractivity contribution in [3.8, 4) is 0 Å². The van der Waals surface area contributed by atoms with Crippen LogP contribution in [0.15, 0.2) is 0 Å². The van der Waals surface area contributed by atoms with Crippen molar-refractivity contribution >= 4 is 5.97 Å². The smallest absolute Gasteiger partial charge is 0.302 e. The molecule has 0 bridgehead atoms. The Balaban J connectivity index is 1.22. The van der Waals surface area contributed by atoms with Gasteiger partial charge in [0.25, 0.3) is 0 Å². The van der Waals surface area contributed by atoms with Crippen molar-refractivity contribution in [2.24, 2.45) is 50.7 Å². The molecule has 0 unspecified atom stereocenters. The van der Waals surface area contributed by atoms with Gasteiger partial charge in [-0.2, -0.15) is 0 Å². The van der Waals surface area contributed by atoms with E-state index >= 15 is 0 Å². The summed E-state index contributed by atoms with van der Waals surface area (Å²) >= 11 is 0. The van der Waals surface area contributed by atoms with Gasteiger partial charge in [-0.05, 0) is 89.8 Å². The molecule has 9 nitrogen and oxygen atoms in total. The molecule has 7 rings (SSSR count). The fourth-order valence-corrected chi connectivity index (χ4v) is 12.9. The zero-order chi connectivity index (χ0) is 30.2. The van der Waals surface area contributed by atoms with Gasteiger partial charge >= 0.3 is 5.97 Å². The lowest BCUT2D eigenvalue weighted by Crippen LogP contribution is -2.63. The lowest BCUT2D eigenvalue weighted by atomic mass is 9.41. The van der Waals surface area contributed by atoms with Crippen molar-refractivity contribution in [1.29, 1.82) is 0 Å². The van der Waals surface area contributed by atoms with Gasteiger partial charge in [0, 0.05) is 19.3 Å². The van der Waals surface area contributed by atoms with Gasteiger partial charge in [-0.1, -0.05) is 34.6 Å². The number of carbonyl (C=O) groups is 1. The van der Waals surface area contributed by atoms with E-state index in [1.807, 2.05) is 0 Å². The molecule has 42 heavy (non-hydrogen) atoms. The van der Waals surface area contributed by atoms with Crippen molar-refractivity contribution in [3.63, 3.8) is 0 Å². The fraction of sp³-hybridized carbons (Fsp3) is 0.970. The highest BCUT2D eigenvalue weighted by molar-refractivity contribution is 5.66. The van der Waals surface area contributed by atoms with Crippen LogP contribution in [0.25, 0.3) is 0 Å². The number of carbonyl (C=O) groups excluding carboxylic acids is 1. The highest BCUT2D eigenvalue weighted by Gasteiger charge is 2.85. The summed E-state index contributed by atoms with van der Waals surface area (Å²) in [7, 11) is 0. The maximum atomic E-state index is 12.6. The largest absolute Gasteiger partial charge is 0.462 e. The number of hydrogen-bond donors (Lipinski definition) is 4. The first-order chi connectivity index (χ1) is 19.6. The van der Waals surface area contributed by atoms with E-state index in [4.69, 9.17) is 18.9 Å². The quantitative estimate of drug-likeness (QED) is 0.288. The Kier molecular flexibility index (Phi) is 6.66. The Bertz CT molecular complexity index is 1110. The molecule has 0 radical (unpaired) electrons. The van der Waals surface area contributed by atoms with Gasteiger partial charge in [-0.3, -0.25) is 4.79 Å². The zero-order valence-electron chi connectivity index (χ0n) is 26.1. The van der Waals surface area contributed by atoms with Crippen LogP contribution >= 0.6 is 0 Å². The minimum Gasteiger partial charge on any atom is -0.462 e. The Morgan fingerprint density at radius 2 is 1.67 bits per heavy atom. The molecular formula is C33H52O9. The zero-order valence-corrected chi connectivity index (χ0v) is 26.1. The van der Waals surface area contributed by atoms with Crippen molar-refractivity contribution in [3.05, 3.63) is 0 Å². The summed E-state index contributed by atoms with van der Waals surface area (Å²) in [6.45, 7) is 13.1. The highest BCUT2D eigenvalue weighted by Crippen LogP contribution is 2.89. The van der Waals surface area contributed by atoms with E-state index in [1.165, 1.54) is 13.3 Å². The number of hydrogen-bond acceptors (Lipinski definition) is 9. The van der Waals surface area contributed by atoms with Crippen molar-refractivity contribution in [2.75, 3.05) is 6.61 Å². The van der Waals surface area contributed by atoms with Gasteiger partial charge in [0.2, 0.25) is 0 Å². The molecule has 2 heterocycles. The van der Waals surface area contributed by atoms with Gasteiger partial charge in [-0.25, -0.2) is 0 Å². The molecule has 16 atom stereocenters. The molecule has 0 aromatic carbocycles. The van der Waals surface area contributed by atoms with Crippen molar-refractivity contribution in [1.82, 2.24) is 0 Å². The van der Waals surface area contributed by atoms with Crippen LogP contribution < -0.4 is 0 Å². The minimum absolute atomic E-state index is 0.0142. The standard InChI is InChI=1S/C33H52O9/c1-16-11-23(36)41-20-13-31(6)21-12-19(40-17(2)34)27-29(3,4)22(42-28-26(38)25(37)18(35)14-39-28)7-8-33(27)15-32(21,33)10-9-30(31,5)24(16)20/h16,18-28,35-38H,7-15H2,1-6H3/t16-,18-,19+,20+,21+,22+,23-,24+,25+,26-,27+,28+,30-,31+,32+,33-/m1/s1. The van der Waals surface area contributed by atoms with E-state index < -0.39 is 30.9 Å². The molecule has 7 aliphatic rings. The Hall–Kier alpha value is -0.810. The number of ether oxygens (including phenoxy) is 4. The summed E-state index contributed by atoms with van der Waals surface area (Å²) in [6.07, 6.45) is 1.69. The van der Waals surface area contributed by atoms with Gasteiger partial charge in [-0.15, -0.1) is 0 Å². The number of rotatable bonds is 3. The van der Waals surface area contributed by atoms with E-state index in [9.17, 15) is 25.2 Å². The molecule has 4 N–H and O–H groups in total. The summed E-state index contributed by atoms with van der Waals surface area (Å²) < 4.78 is 24.6. The molecular weight excluding hydrogens is 540 g/mol. The second kappa shape index (κ2) is 9.36. The third-order valence-corrected chi connectivity index (χ3v) is 14.6. The van der Waals surface area contributed by atoms with Crippen molar-refractivity contribution in [2.45, 2.75) is 142 Å². The molecule has 2 aliphatic heterocycles. The summed E-state index contributed by atoms with van der Waals surface area (Å²) in [5.74, 6) is 1.05. The van der Waals surface area contributed by atoms with Gasteiger partial charge in [0.05, 0.1) is 18.8 Å². The second-order valence-corrected chi connectivity index (χ2v) is 16.5. The van der Waals surface area contributed by atoms with Crippen LogP contribution in [0.3, 0.4) is 0 Å². The van der Waals surface area contributed by atoms with Crippen molar-refractivity contribution < 1.29 is 44.2 Å². The first kappa shape index (κ1) is 29.9. The van der Waals surface area contributed by atoms with Crippen LogP contribution in [0.4, 0.5) is 0 Å². The van der Waals surface area contributed by atoms with Crippen LogP contribution in [-0.2, 0) is 23.7 Å². The third kappa shape index (κ3) is 3.71. The second-order valence-electron chi connectivity index (χ2n) is 16.5. The number of aliphatic hydroxyl groups excluding tert-OH is 4. The summed E-state index contributed by atoms with van der Waals surface area (Å²) in [5, 5.41) is 41.4. The summed E-state index contributed by atoms with van der Waals surface area (Å²) in [4.78, 5) is 12.6. The maximum absolute atomic E-state index is 12.6. The topological polar surface area (TPSA) is 135 Å². The average Bonchev–Trinajstić information content (AvgIpc) is 3.47. The fourth-order valence-electron chi connectivity index (χ4n) is 12.9. The molecule has 238 valence electrons. The molecule has 5 aliphatic carbocycles. The Labute approximate surface area is 249 Å². The van der Waals surface area contributed by atoms with E-state index in [1.54, 1.807) is 0 Å². The molecule has 7 fully saturated rings. The molecule has 2 saturated heterocycles. The molecule has 0 amide bonds. The monoisotopic (exact) mass is 592 g/mol. The first-order valence-corrected chi connectivity index (χ1v) is 16.4. The van der Waals surface area contributed by atoms with Crippen LogP contribution in [-0.4, -0.2) is 82.2 Å². The van der Waals surface area contributed by atoms with Crippen LogP contribution in [0.5, 0.6) is 0 Å². The van der Waals surface area contributed by atoms with Crippen LogP contribution in [0.2, 0.25) is 0 Å². The van der Waals surface area contributed by atoms with E-state index in [0.29, 0.717) is 24.2 Å². The number of fused-ring (bicyclic) bond motifs is 4. The Morgan fingerprint density at radius 3 is 2.38 bits per heavy atom. The Morgan fingerprint density at radius 1 is 0.929 bits per heavy atom. The number of esters is 1. The maximum Gasteiger partial charge on any atom is 0.302 e. The lowest BCUT2D eigenvalue weighted by molar-refractivity contribution is -0.307.